The summed E-state index contributed by atoms with van der Waals surface area (Å²) in [7, 11) is 1.63. The van der Waals surface area contributed by atoms with Gasteiger partial charge in [0.2, 0.25) is 17.6 Å². The highest BCUT2D eigenvalue weighted by atomic mass is 35.5. The highest BCUT2D eigenvalue weighted by Gasteiger charge is 2.34. The first-order valence-corrected chi connectivity index (χ1v) is 9.00. The van der Waals surface area contributed by atoms with Crippen molar-refractivity contribution in [3.05, 3.63) is 65.0 Å². The van der Waals surface area contributed by atoms with E-state index in [0.29, 0.717) is 36.2 Å². The largest absolute Gasteiger partial charge is 0.497 e. The summed E-state index contributed by atoms with van der Waals surface area (Å²) in [6.45, 7) is 1.11. The second-order valence-electron chi connectivity index (χ2n) is 6.49. The van der Waals surface area contributed by atoms with Gasteiger partial charge in [-0.25, -0.2) is 0 Å². The number of amides is 1. The Morgan fingerprint density at radius 3 is 2.81 bits per heavy atom. The van der Waals surface area contributed by atoms with E-state index in [0.717, 1.165) is 16.9 Å². The predicted molar refractivity (Wildman–Crippen MR) is 101 cm³/mol. The van der Waals surface area contributed by atoms with Gasteiger partial charge in [0, 0.05) is 30.1 Å². The summed E-state index contributed by atoms with van der Waals surface area (Å²) in [4.78, 5) is 18.7. The number of methoxy groups -OCH3 is 1. The maximum atomic E-state index is 12.4. The van der Waals surface area contributed by atoms with Crippen LogP contribution in [0.3, 0.4) is 0 Å². The molecule has 1 atom stereocenters. The van der Waals surface area contributed by atoms with Crippen LogP contribution in [0.4, 0.5) is 0 Å². The molecule has 0 bridgehead atoms. The normalized spacial score (nSPS) is 16.7. The van der Waals surface area contributed by atoms with E-state index in [1.54, 1.807) is 19.2 Å². The third kappa shape index (κ3) is 3.80. The standard InChI is InChI=1S/C20H18ClN3O3/c1-26-17-7-5-13(6-8-17)11-24-12-15(10-18(24)25)20-22-19(23-27-20)14-3-2-4-16(21)9-14/h2-9,15H,10-12H2,1H3. The van der Waals surface area contributed by atoms with Gasteiger partial charge in [-0.2, -0.15) is 4.98 Å². The Labute approximate surface area is 161 Å². The van der Waals surface area contributed by atoms with E-state index in [-0.39, 0.29) is 11.8 Å². The fraction of sp³-hybridized carbons (Fsp3) is 0.250. The van der Waals surface area contributed by atoms with Crippen LogP contribution >= 0.6 is 11.6 Å². The molecule has 2 heterocycles. The molecule has 1 unspecified atom stereocenters. The van der Waals surface area contributed by atoms with Gasteiger partial charge in [-0.15, -0.1) is 0 Å². The van der Waals surface area contributed by atoms with Crippen molar-refractivity contribution in [2.45, 2.75) is 18.9 Å². The number of likely N-dealkylation sites (tertiary alicyclic amines) is 1. The Morgan fingerprint density at radius 1 is 1.26 bits per heavy atom. The van der Waals surface area contributed by atoms with Crippen molar-refractivity contribution in [3.8, 4) is 17.1 Å². The molecule has 0 N–H and O–H groups in total. The number of carbonyl (C=O) groups excluding carboxylic acids is 1. The highest BCUT2D eigenvalue weighted by Crippen LogP contribution is 2.30. The van der Waals surface area contributed by atoms with Crippen LogP contribution in [0.2, 0.25) is 5.02 Å². The smallest absolute Gasteiger partial charge is 0.232 e. The van der Waals surface area contributed by atoms with Crippen LogP contribution in [-0.4, -0.2) is 34.6 Å². The Hall–Kier alpha value is -2.86. The van der Waals surface area contributed by atoms with Crippen LogP contribution in [0.1, 0.15) is 23.8 Å². The van der Waals surface area contributed by atoms with Crippen molar-refractivity contribution in [3.63, 3.8) is 0 Å². The summed E-state index contributed by atoms with van der Waals surface area (Å²) in [5.41, 5.74) is 1.84. The van der Waals surface area contributed by atoms with Crippen molar-refractivity contribution >= 4 is 17.5 Å². The van der Waals surface area contributed by atoms with Crippen molar-refractivity contribution in [1.82, 2.24) is 15.0 Å². The minimum Gasteiger partial charge on any atom is -0.497 e. The zero-order chi connectivity index (χ0) is 18.8. The van der Waals surface area contributed by atoms with Crippen LogP contribution in [0.25, 0.3) is 11.4 Å². The molecule has 1 aliphatic heterocycles. The van der Waals surface area contributed by atoms with Gasteiger partial charge in [0.05, 0.1) is 13.0 Å². The molecule has 1 saturated heterocycles. The predicted octanol–water partition coefficient (Wildman–Crippen LogP) is 3.91. The van der Waals surface area contributed by atoms with Crippen molar-refractivity contribution in [1.29, 1.82) is 0 Å². The van der Waals surface area contributed by atoms with E-state index in [1.807, 2.05) is 41.3 Å². The molecule has 7 heteroatoms. The van der Waals surface area contributed by atoms with Crippen LogP contribution in [0, 0.1) is 0 Å². The van der Waals surface area contributed by atoms with E-state index in [2.05, 4.69) is 10.1 Å². The third-order valence-corrected chi connectivity index (χ3v) is 4.86. The molecular formula is C20H18ClN3O3. The summed E-state index contributed by atoms with van der Waals surface area (Å²) in [6.07, 6.45) is 0.368. The molecule has 1 fully saturated rings. The summed E-state index contributed by atoms with van der Waals surface area (Å²) in [6, 6.07) is 15.0. The Balaban J connectivity index is 1.46. The van der Waals surface area contributed by atoms with E-state index in [4.69, 9.17) is 20.9 Å². The van der Waals surface area contributed by atoms with Gasteiger partial charge in [-0.3, -0.25) is 4.79 Å². The number of halogens is 1. The first kappa shape index (κ1) is 17.5. The number of aromatic nitrogens is 2. The van der Waals surface area contributed by atoms with Crippen molar-refractivity contribution in [2.24, 2.45) is 0 Å². The summed E-state index contributed by atoms with van der Waals surface area (Å²) in [5, 5.41) is 4.65. The number of rotatable bonds is 5. The van der Waals surface area contributed by atoms with Gasteiger partial charge < -0.3 is 14.2 Å². The van der Waals surface area contributed by atoms with Gasteiger partial charge in [-0.1, -0.05) is 41.0 Å². The van der Waals surface area contributed by atoms with Gasteiger partial charge in [0.25, 0.3) is 0 Å². The molecule has 6 nitrogen and oxygen atoms in total. The molecule has 3 aromatic rings. The second-order valence-corrected chi connectivity index (χ2v) is 6.93. The van der Waals surface area contributed by atoms with E-state index in [9.17, 15) is 4.79 Å². The second kappa shape index (κ2) is 7.40. The first-order valence-electron chi connectivity index (χ1n) is 8.62. The molecule has 0 radical (unpaired) electrons. The zero-order valence-corrected chi connectivity index (χ0v) is 15.5. The maximum Gasteiger partial charge on any atom is 0.232 e. The number of carbonyl (C=O) groups is 1. The number of hydrogen-bond acceptors (Lipinski definition) is 5. The molecule has 138 valence electrons. The molecule has 0 saturated carbocycles. The average molecular weight is 384 g/mol. The van der Waals surface area contributed by atoms with Crippen LogP contribution in [0.5, 0.6) is 5.75 Å². The number of benzene rings is 2. The molecule has 1 aliphatic rings. The lowest BCUT2D eigenvalue weighted by atomic mass is 10.1. The van der Waals surface area contributed by atoms with Gasteiger partial charge >= 0.3 is 0 Å². The monoisotopic (exact) mass is 383 g/mol. The Morgan fingerprint density at radius 2 is 2.07 bits per heavy atom. The fourth-order valence-corrected chi connectivity index (χ4v) is 3.38. The molecule has 2 aromatic carbocycles. The lowest BCUT2D eigenvalue weighted by Crippen LogP contribution is -2.24. The van der Waals surface area contributed by atoms with Crippen LogP contribution < -0.4 is 4.74 Å². The summed E-state index contributed by atoms with van der Waals surface area (Å²) < 4.78 is 10.6. The number of ether oxygens (including phenoxy) is 1. The van der Waals surface area contributed by atoms with Gasteiger partial charge in [0.1, 0.15) is 5.75 Å². The summed E-state index contributed by atoms with van der Waals surface area (Å²) in [5.74, 6) is 1.74. The quantitative estimate of drug-likeness (QED) is 0.668. The molecule has 1 aromatic heterocycles. The minimum absolute atomic E-state index is 0.0818. The van der Waals surface area contributed by atoms with E-state index >= 15 is 0 Å². The number of hydrogen-bond donors (Lipinski definition) is 0. The van der Waals surface area contributed by atoms with E-state index < -0.39 is 0 Å². The Kier molecular flexibility index (Phi) is 4.81. The lowest BCUT2D eigenvalue weighted by Gasteiger charge is -2.16. The Bertz CT molecular complexity index is 955. The average Bonchev–Trinajstić information content (AvgIpc) is 3.30. The molecule has 1 amide bonds. The molecule has 4 rings (SSSR count). The first-order chi connectivity index (χ1) is 13.1. The van der Waals surface area contributed by atoms with Gasteiger partial charge in [-0.05, 0) is 29.8 Å². The van der Waals surface area contributed by atoms with Gasteiger partial charge in [0.15, 0.2) is 0 Å². The zero-order valence-electron chi connectivity index (χ0n) is 14.8. The molecule has 0 aliphatic carbocycles. The molecular weight excluding hydrogens is 366 g/mol. The highest BCUT2D eigenvalue weighted by molar-refractivity contribution is 6.30. The fourth-order valence-electron chi connectivity index (χ4n) is 3.19. The third-order valence-electron chi connectivity index (χ3n) is 4.62. The summed E-state index contributed by atoms with van der Waals surface area (Å²) >= 11 is 6.02. The topological polar surface area (TPSA) is 68.5 Å². The van der Waals surface area contributed by atoms with E-state index in [1.165, 1.54) is 0 Å². The SMILES string of the molecule is COc1ccc(CN2CC(c3nc(-c4cccc(Cl)c4)no3)CC2=O)cc1. The van der Waals surface area contributed by atoms with Crippen molar-refractivity contribution in [2.75, 3.05) is 13.7 Å². The molecule has 27 heavy (non-hydrogen) atoms. The lowest BCUT2D eigenvalue weighted by molar-refractivity contribution is -0.128. The van der Waals surface area contributed by atoms with Crippen LogP contribution in [-0.2, 0) is 11.3 Å². The minimum atomic E-state index is -0.101. The van der Waals surface area contributed by atoms with Crippen molar-refractivity contribution < 1.29 is 14.1 Å². The number of nitrogens with zero attached hydrogens (tertiary/aromatic N) is 3. The molecule has 0 spiro atoms. The van der Waals surface area contributed by atoms with Crippen LogP contribution in [0.15, 0.2) is 53.1 Å². The maximum absolute atomic E-state index is 12.4.